The Balaban J connectivity index is 2.55. The highest BCUT2D eigenvalue weighted by atomic mass is 16.5. The number of carbonyl (C=O) groups excluding carboxylic acids is 1. The van der Waals surface area contributed by atoms with Crippen LogP contribution in [0.4, 0.5) is 0 Å². The molecule has 6 heteroatoms. The predicted octanol–water partition coefficient (Wildman–Crippen LogP) is 2.16. The van der Waals surface area contributed by atoms with Crippen LogP contribution in [0.25, 0.3) is 11.1 Å². The van der Waals surface area contributed by atoms with Crippen molar-refractivity contribution < 1.29 is 14.4 Å². The van der Waals surface area contributed by atoms with E-state index in [-0.39, 0.29) is 18.4 Å². The van der Waals surface area contributed by atoms with E-state index in [1.165, 1.54) is 0 Å². The topological polar surface area (TPSA) is 88.2 Å². The van der Waals surface area contributed by atoms with E-state index in [4.69, 9.17) is 4.52 Å². The number of rotatable bonds is 4. The first kappa shape index (κ1) is 15.4. The number of aliphatic hydroxyl groups is 1. The molecule has 0 fully saturated rings. The van der Waals surface area contributed by atoms with Crippen LogP contribution in [0.2, 0.25) is 0 Å². The molecular weight excluding hydrogens is 270 g/mol. The third kappa shape index (κ3) is 3.05. The van der Waals surface area contributed by atoms with Gasteiger partial charge in [-0.15, -0.1) is 0 Å². The fraction of sp³-hybridized carbons (Fsp3) is 0.533. The van der Waals surface area contributed by atoms with E-state index >= 15 is 0 Å². The van der Waals surface area contributed by atoms with Gasteiger partial charge in [0.15, 0.2) is 0 Å². The standard InChI is InChI=1S/C15H21N3O3/c1-8(2)11-6-10(13(20)17-15(4,5)7-19)12-9(3)18-21-14(12)16-11/h6,8,19H,7H2,1-5H3,(H,17,20). The first-order valence-electron chi connectivity index (χ1n) is 6.95. The summed E-state index contributed by atoms with van der Waals surface area (Å²) in [5.74, 6) is -0.105. The Bertz CT molecular complexity index is 674. The van der Waals surface area contributed by atoms with Gasteiger partial charge in [0.05, 0.1) is 28.8 Å². The maximum Gasteiger partial charge on any atom is 0.259 e. The van der Waals surface area contributed by atoms with Crippen molar-refractivity contribution in [2.75, 3.05) is 6.61 Å². The second kappa shape index (κ2) is 5.44. The number of aryl methyl sites for hydroxylation is 1. The third-order valence-corrected chi connectivity index (χ3v) is 3.32. The SMILES string of the molecule is Cc1noc2nc(C(C)C)cc(C(=O)NC(C)(C)CO)c12. The second-order valence-electron chi connectivity index (χ2n) is 6.19. The molecule has 0 aliphatic rings. The highest BCUT2D eigenvalue weighted by Crippen LogP contribution is 2.25. The molecule has 0 aliphatic carbocycles. The molecule has 0 saturated carbocycles. The van der Waals surface area contributed by atoms with Gasteiger partial charge in [-0.1, -0.05) is 19.0 Å². The van der Waals surface area contributed by atoms with Gasteiger partial charge < -0.3 is 14.9 Å². The molecule has 114 valence electrons. The van der Waals surface area contributed by atoms with Crippen LogP contribution in [0.1, 0.15) is 55.4 Å². The maximum atomic E-state index is 12.5. The largest absolute Gasteiger partial charge is 0.394 e. The van der Waals surface area contributed by atoms with Gasteiger partial charge in [0, 0.05) is 5.69 Å². The Labute approximate surface area is 123 Å². The lowest BCUT2D eigenvalue weighted by atomic mass is 10.0. The van der Waals surface area contributed by atoms with Crippen molar-refractivity contribution in [2.24, 2.45) is 0 Å². The summed E-state index contributed by atoms with van der Waals surface area (Å²) >= 11 is 0. The van der Waals surface area contributed by atoms with E-state index in [1.807, 2.05) is 13.8 Å². The van der Waals surface area contributed by atoms with Crippen molar-refractivity contribution in [3.8, 4) is 0 Å². The molecule has 2 aromatic heterocycles. The van der Waals surface area contributed by atoms with Crippen molar-refractivity contribution in [3.63, 3.8) is 0 Å². The van der Waals surface area contributed by atoms with E-state index < -0.39 is 5.54 Å². The smallest absolute Gasteiger partial charge is 0.259 e. The van der Waals surface area contributed by atoms with Crippen LogP contribution < -0.4 is 5.32 Å². The fourth-order valence-corrected chi connectivity index (χ4v) is 2.00. The van der Waals surface area contributed by atoms with Crippen molar-refractivity contribution in [1.29, 1.82) is 0 Å². The number of aliphatic hydroxyl groups excluding tert-OH is 1. The molecule has 6 nitrogen and oxygen atoms in total. The Hall–Kier alpha value is -1.95. The van der Waals surface area contributed by atoms with E-state index in [1.54, 1.807) is 26.8 Å². The molecule has 0 saturated heterocycles. The molecule has 0 aliphatic heterocycles. The third-order valence-electron chi connectivity index (χ3n) is 3.32. The Morgan fingerprint density at radius 3 is 2.71 bits per heavy atom. The van der Waals surface area contributed by atoms with Crippen LogP contribution in [0.15, 0.2) is 10.6 Å². The average molecular weight is 291 g/mol. The summed E-state index contributed by atoms with van der Waals surface area (Å²) in [6, 6.07) is 1.76. The van der Waals surface area contributed by atoms with Gasteiger partial charge in [0.1, 0.15) is 0 Å². The van der Waals surface area contributed by atoms with Crippen LogP contribution >= 0.6 is 0 Å². The fourth-order valence-electron chi connectivity index (χ4n) is 2.00. The summed E-state index contributed by atoms with van der Waals surface area (Å²) in [7, 11) is 0. The highest BCUT2D eigenvalue weighted by Gasteiger charge is 2.24. The van der Waals surface area contributed by atoms with Gasteiger partial charge in [-0.25, -0.2) is 4.98 Å². The monoisotopic (exact) mass is 291 g/mol. The van der Waals surface area contributed by atoms with Crippen molar-refractivity contribution in [1.82, 2.24) is 15.5 Å². The van der Waals surface area contributed by atoms with Crippen LogP contribution in [0.5, 0.6) is 0 Å². The first-order valence-corrected chi connectivity index (χ1v) is 6.95. The Morgan fingerprint density at radius 1 is 1.48 bits per heavy atom. The number of fused-ring (bicyclic) bond motifs is 1. The number of hydrogen-bond acceptors (Lipinski definition) is 5. The number of amides is 1. The summed E-state index contributed by atoms with van der Waals surface area (Å²) in [5.41, 5.74) is 1.54. The van der Waals surface area contributed by atoms with E-state index in [9.17, 15) is 9.90 Å². The molecule has 21 heavy (non-hydrogen) atoms. The number of hydrogen-bond donors (Lipinski definition) is 2. The minimum atomic E-state index is -0.699. The minimum Gasteiger partial charge on any atom is -0.394 e. The predicted molar refractivity (Wildman–Crippen MR) is 79.3 cm³/mol. The molecule has 1 amide bonds. The zero-order valence-electron chi connectivity index (χ0n) is 13.0. The van der Waals surface area contributed by atoms with Crippen molar-refractivity contribution in [3.05, 3.63) is 23.0 Å². The second-order valence-corrected chi connectivity index (χ2v) is 6.19. The van der Waals surface area contributed by atoms with Crippen LogP contribution in [0.3, 0.4) is 0 Å². The number of nitrogens with zero attached hydrogens (tertiary/aromatic N) is 2. The molecule has 2 aromatic rings. The molecule has 0 atom stereocenters. The summed E-state index contributed by atoms with van der Waals surface area (Å²) in [6.45, 7) is 9.14. The summed E-state index contributed by atoms with van der Waals surface area (Å²) < 4.78 is 5.20. The molecule has 0 spiro atoms. The minimum absolute atomic E-state index is 0.146. The molecule has 0 radical (unpaired) electrons. The van der Waals surface area contributed by atoms with Gasteiger partial charge in [-0.05, 0) is 32.8 Å². The Kier molecular flexibility index (Phi) is 4.00. The lowest BCUT2D eigenvalue weighted by molar-refractivity contribution is 0.0871. The normalized spacial score (nSPS) is 12.1. The molecule has 0 unspecified atom stereocenters. The zero-order chi connectivity index (χ0) is 15.8. The Morgan fingerprint density at radius 2 is 2.14 bits per heavy atom. The quantitative estimate of drug-likeness (QED) is 0.901. The van der Waals surface area contributed by atoms with Crippen molar-refractivity contribution >= 4 is 17.0 Å². The first-order chi connectivity index (χ1) is 9.75. The van der Waals surface area contributed by atoms with Crippen LogP contribution in [-0.2, 0) is 0 Å². The molecular formula is C15H21N3O3. The molecule has 2 N–H and O–H groups in total. The van der Waals surface area contributed by atoms with Gasteiger partial charge >= 0.3 is 0 Å². The maximum absolute atomic E-state index is 12.5. The van der Waals surface area contributed by atoms with Crippen LogP contribution in [0, 0.1) is 6.92 Å². The lowest BCUT2D eigenvalue weighted by Gasteiger charge is -2.23. The molecule has 2 rings (SSSR count). The van der Waals surface area contributed by atoms with Gasteiger partial charge in [0.25, 0.3) is 11.6 Å². The number of pyridine rings is 1. The highest BCUT2D eigenvalue weighted by molar-refractivity contribution is 6.06. The number of carbonyl (C=O) groups is 1. The molecule has 2 heterocycles. The molecule has 0 bridgehead atoms. The van der Waals surface area contributed by atoms with E-state index in [0.29, 0.717) is 22.4 Å². The number of aromatic nitrogens is 2. The van der Waals surface area contributed by atoms with Gasteiger partial charge in [-0.3, -0.25) is 4.79 Å². The molecule has 0 aromatic carbocycles. The van der Waals surface area contributed by atoms with Gasteiger partial charge in [0.2, 0.25) is 0 Å². The zero-order valence-corrected chi connectivity index (χ0v) is 13.0. The summed E-state index contributed by atoms with van der Waals surface area (Å²) in [5, 5.41) is 16.6. The lowest BCUT2D eigenvalue weighted by Crippen LogP contribution is -2.46. The number of nitrogens with one attached hydrogen (secondary N) is 1. The van der Waals surface area contributed by atoms with Crippen LogP contribution in [-0.4, -0.2) is 33.3 Å². The summed E-state index contributed by atoms with van der Waals surface area (Å²) in [4.78, 5) is 16.9. The summed E-state index contributed by atoms with van der Waals surface area (Å²) in [6.07, 6.45) is 0. The van der Waals surface area contributed by atoms with E-state index in [2.05, 4.69) is 15.5 Å². The van der Waals surface area contributed by atoms with Gasteiger partial charge in [-0.2, -0.15) is 0 Å². The van der Waals surface area contributed by atoms with E-state index in [0.717, 1.165) is 5.69 Å². The average Bonchev–Trinajstić information content (AvgIpc) is 2.79. The van der Waals surface area contributed by atoms with Crippen molar-refractivity contribution in [2.45, 2.75) is 46.1 Å².